The molecule has 0 aliphatic carbocycles. The Bertz CT molecular complexity index is 921. The lowest BCUT2D eigenvalue weighted by atomic mass is 10.1. The Morgan fingerprint density at radius 1 is 1.07 bits per heavy atom. The average Bonchev–Trinajstić information content (AvgIpc) is 2.76. The minimum atomic E-state index is -0.250. The molecule has 2 aromatic rings. The Hall–Kier alpha value is -3.39. The van der Waals surface area contributed by atoms with Crippen LogP contribution in [0, 0.1) is 11.3 Å². The monoisotopic (exact) mass is 373 g/mol. The van der Waals surface area contributed by atoms with E-state index in [9.17, 15) is 9.59 Å². The van der Waals surface area contributed by atoms with Crippen LogP contribution in [-0.2, 0) is 11.3 Å². The molecule has 0 atom stereocenters. The van der Waals surface area contributed by atoms with Crippen molar-refractivity contribution in [1.82, 2.24) is 10.2 Å². The van der Waals surface area contributed by atoms with Gasteiger partial charge in [0.15, 0.2) is 0 Å². The van der Waals surface area contributed by atoms with Crippen molar-refractivity contribution in [3.63, 3.8) is 0 Å². The number of hydrogen-bond donors (Lipinski definition) is 1. The van der Waals surface area contributed by atoms with Crippen LogP contribution in [0.5, 0.6) is 0 Å². The highest BCUT2D eigenvalue weighted by atomic mass is 16.2. The van der Waals surface area contributed by atoms with E-state index in [1.807, 2.05) is 35.2 Å². The number of benzene rings is 2. The first-order chi connectivity index (χ1) is 13.7. The smallest absolute Gasteiger partial charge is 0.253 e. The normalized spacial score (nSPS) is 13.9. The summed E-state index contributed by atoms with van der Waals surface area (Å²) in [5, 5.41) is 11.9. The van der Waals surface area contributed by atoms with Gasteiger partial charge in [0.2, 0.25) is 5.91 Å². The maximum absolute atomic E-state index is 12.6. The lowest BCUT2D eigenvalue weighted by molar-refractivity contribution is -0.116. The second-order valence-electron chi connectivity index (χ2n) is 6.80. The molecular weight excluding hydrogens is 350 g/mol. The van der Waals surface area contributed by atoms with E-state index in [0.717, 1.165) is 31.5 Å². The lowest BCUT2D eigenvalue weighted by Crippen LogP contribution is -2.35. The molecule has 0 unspecified atom stereocenters. The number of piperidine rings is 1. The largest absolute Gasteiger partial charge is 0.348 e. The van der Waals surface area contributed by atoms with E-state index in [-0.39, 0.29) is 11.8 Å². The molecule has 1 saturated heterocycles. The molecule has 142 valence electrons. The van der Waals surface area contributed by atoms with Gasteiger partial charge in [-0.05, 0) is 54.7 Å². The Balaban J connectivity index is 1.58. The van der Waals surface area contributed by atoms with E-state index in [1.165, 1.54) is 12.5 Å². The minimum Gasteiger partial charge on any atom is -0.348 e. The van der Waals surface area contributed by atoms with Crippen molar-refractivity contribution in [2.24, 2.45) is 0 Å². The number of rotatable bonds is 5. The molecule has 5 heteroatoms. The summed E-state index contributed by atoms with van der Waals surface area (Å²) in [6.07, 6.45) is 6.34. The predicted octanol–water partition coefficient (Wildman–Crippen LogP) is 3.51. The van der Waals surface area contributed by atoms with Gasteiger partial charge < -0.3 is 10.2 Å². The van der Waals surface area contributed by atoms with Crippen molar-refractivity contribution in [1.29, 1.82) is 5.26 Å². The SMILES string of the molecule is N#Cc1ccccc1/C=C/C(=O)NCc1cccc(C(=O)N2CCCCC2)c1. The molecule has 0 radical (unpaired) electrons. The van der Waals surface area contributed by atoms with Crippen LogP contribution in [0.25, 0.3) is 6.08 Å². The van der Waals surface area contributed by atoms with E-state index >= 15 is 0 Å². The van der Waals surface area contributed by atoms with Crippen LogP contribution < -0.4 is 5.32 Å². The summed E-state index contributed by atoms with van der Waals surface area (Å²) in [6.45, 7) is 1.97. The number of amides is 2. The maximum Gasteiger partial charge on any atom is 0.253 e. The molecule has 1 N–H and O–H groups in total. The molecule has 1 aliphatic heterocycles. The molecule has 0 spiro atoms. The standard InChI is InChI=1S/C23H23N3O2/c24-16-21-9-3-2-8-19(21)11-12-22(27)25-17-18-7-6-10-20(15-18)23(28)26-13-4-1-5-14-26/h2-3,6-12,15H,1,4-5,13-14,17H2,(H,25,27)/b12-11+. The fourth-order valence-corrected chi connectivity index (χ4v) is 3.25. The van der Waals surface area contributed by atoms with E-state index in [1.54, 1.807) is 24.3 Å². The first-order valence-electron chi connectivity index (χ1n) is 9.50. The molecule has 28 heavy (non-hydrogen) atoms. The summed E-state index contributed by atoms with van der Waals surface area (Å²) in [4.78, 5) is 26.6. The molecule has 0 saturated carbocycles. The van der Waals surface area contributed by atoms with Crippen molar-refractivity contribution < 1.29 is 9.59 Å². The highest BCUT2D eigenvalue weighted by Crippen LogP contribution is 2.14. The van der Waals surface area contributed by atoms with Crippen LogP contribution in [0.3, 0.4) is 0 Å². The van der Waals surface area contributed by atoms with Crippen LogP contribution in [-0.4, -0.2) is 29.8 Å². The number of hydrogen-bond acceptors (Lipinski definition) is 3. The van der Waals surface area contributed by atoms with Gasteiger partial charge in [0.25, 0.3) is 5.91 Å². The molecular formula is C23H23N3O2. The first-order valence-corrected chi connectivity index (χ1v) is 9.50. The maximum atomic E-state index is 12.6. The van der Waals surface area contributed by atoms with E-state index < -0.39 is 0 Å². The first kappa shape index (κ1) is 19.4. The van der Waals surface area contributed by atoms with Crippen molar-refractivity contribution in [3.05, 3.63) is 76.9 Å². The predicted molar refractivity (Wildman–Crippen MR) is 108 cm³/mol. The van der Waals surface area contributed by atoms with Gasteiger partial charge in [0, 0.05) is 31.3 Å². The zero-order valence-corrected chi connectivity index (χ0v) is 15.7. The van der Waals surface area contributed by atoms with Gasteiger partial charge in [0.05, 0.1) is 11.6 Å². The van der Waals surface area contributed by atoms with Crippen molar-refractivity contribution in [2.75, 3.05) is 13.1 Å². The molecule has 0 bridgehead atoms. The van der Waals surface area contributed by atoms with Gasteiger partial charge in [-0.3, -0.25) is 9.59 Å². The second kappa shape index (κ2) is 9.52. The zero-order valence-electron chi connectivity index (χ0n) is 15.7. The average molecular weight is 373 g/mol. The Labute approximate surface area is 165 Å². The summed E-state index contributed by atoms with van der Waals surface area (Å²) < 4.78 is 0. The number of likely N-dealkylation sites (tertiary alicyclic amines) is 1. The van der Waals surface area contributed by atoms with Crippen LogP contribution in [0.1, 0.15) is 46.3 Å². The quantitative estimate of drug-likeness (QED) is 0.815. The molecule has 5 nitrogen and oxygen atoms in total. The van der Waals surface area contributed by atoms with Crippen LogP contribution in [0.2, 0.25) is 0 Å². The Morgan fingerprint density at radius 3 is 2.64 bits per heavy atom. The van der Waals surface area contributed by atoms with Gasteiger partial charge in [-0.1, -0.05) is 30.3 Å². The molecule has 1 heterocycles. The topological polar surface area (TPSA) is 73.2 Å². The van der Waals surface area contributed by atoms with Crippen LogP contribution >= 0.6 is 0 Å². The molecule has 1 fully saturated rings. The number of nitrogens with one attached hydrogen (secondary N) is 1. The van der Waals surface area contributed by atoms with Gasteiger partial charge >= 0.3 is 0 Å². The molecule has 3 rings (SSSR count). The summed E-state index contributed by atoms with van der Waals surface area (Å²) in [6, 6.07) is 16.6. The number of nitrogens with zero attached hydrogens (tertiary/aromatic N) is 2. The highest BCUT2D eigenvalue weighted by Gasteiger charge is 2.18. The van der Waals surface area contributed by atoms with Crippen molar-refractivity contribution in [2.45, 2.75) is 25.8 Å². The molecule has 2 amide bonds. The zero-order chi connectivity index (χ0) is 19.8. The highest BCUT2D eigenvalue weighted by molar-refractivity contribution is 5.94. The van der Waals surface area contributed by atoms with Gasteiger partial charge in [-0.2, -0.15) is 5.26 Å². The van der Waals surface area contributed by atoms with Crippen molar-refractivity contribution in [3.8, 4) is 6.07 Å². The second-order valence-corrected chi connectivity index (χ2v) is 6.80. The fraction of sp³-hybridized carbons (Fsp3) is 0.261. The van der Waals surface area contributed by atoms with Crippen LogP contribution in [0.4, 0.5) is 0 Å². The number of carbonyl (C=O) groups excluding carboxylic acids is 2. The van der Waals surface area contributed by atoms with E-state index in [2.05, 4.69) is 11.4 Å². The number of nitriles is 1. The summed E-state index contributed by atoms with van der Waals surface area (Å²) in [5.41, 5.74) is 2.76. The Kier molecular flexibility index (Phi) is 6.59. The summed E-state index contributed by atoms with van der Waals surface area (Å²) in [7, 11) is 0. The van der Waals surface area contributed by atoms with Gasteiger partial charge in [-0.15, -0.1) is 0 Å². The van der Waals surface area contributed by atoms with E-state index in [4.69, 9.17) is 5.26 Å². The lowest BCUT2D eigenvalue weighted by Gasteiger charge is -2.26. The molecule has 0 aromatic heterocycles. The summed E-state index contributed by atoms with van der Waals surface area (Å²) in [5.74, 6) is -0.193. The Morgan fingerprint density at radius 2 is 1.86 bits per heavy atom. The minimum absolute atomic E-state index is 0.0564. The third kappa shape index (κ3) is 5.08. The van der Waals surface area contributed by atoms with Crippen LogP contribution in [0.15, 0.2) is 54.6 Å². The fourth-order valence-electron chi connectivity index (χ4n) is 3.25. The molecule has 1 aliphatic rings. The number of carbonyl (C=O) groups is 2. The van der Waals surface area contributed by atoms with Crippen molar-refractivity contribution >= 4 is 17.9 Å². The van der Waals surface area contributed by atoms with Gasteiger partial charge in [0.1, 0.15) is 0 Å². The van der Waals surface area contributed by atoms with Gasteiger partial charge in [-0.25, -0.2) is 0 Å². The summed E-state index contributed by atoms with van der Waals surface area (Å²) >= 11 is 0. The van der Waals surface area contributed by atoms with E-state index in [0.29, 0.717) is 23.2 Å². The third-order valence-electron chi connectivity index (χ3n) is 4.78. The molecule has 2 aromatic carbocycles. The third-order valence-corrected chi connectivity index (χ3v) is 4.78.